The third kappa shape index (κ3) is 8.18. The lowest BCUT2D eigenvalue weighted by Crippen LogP contribution is -2.35. The summed E-state index contributed by atoms with van der Waals surface area (Å²) in [6.07, 6.45) is 0.0173. The summed E-state index contributed by atoms with van der Waals surface area (Å²) < 4.78 is 38.7. The van der Waals surface area contributed by atoms with Gasteiger partial charge in [-0.3, -0.25) is 0 Å². The van der Waals surface area contributed by atoms with Crippen LogP contribution in [0.4, 0.5) is 18.9 Å². The maximum atomic E-state index is 12.9. The number of hydrogen-bond donors (Lipinski definition) is 1. The van der Waals surface area contributed by atoms with E-state index >= 15 is 0 Å². The van der Waals surface area contributed by atoms with E-state index in [0.29, 0.717) is 12.2 Å². The van der Waals surface area contributed by atoms with Crippen molar-refractivity contribution >= 4 is 42.1 Å². The fourth-order valence-corrected chi connectivity index (χ4v) is 3.97. The number of anilines is 1. The molecule has 0 radical (unpaired) electrons. The van der Waals surface area contributed by atoms with Crippen molar-refractivity contribution in [3.05, 3.63) is 64.7 Å². The van der Waals surface area contributed by atoms with Gasteiger partial charge < -0.3 is 10.2 Å². The van der Waals surface area contributed by atoms with E-state index in [4.69, 9.17) is 11.6 Å². The molecule has 0 aromatic heterocycles. The maximum absolute atomic E-state index is 12.9. The molecule has 1 N–H and O–H groups in total. The monoisotopic (exact) mass is 482 g/mol. The van der Waals surface area contributed by atoms with E-state index in [1.54, 1.807) is 6.07 Å². The van der Waals surface area contributed by atoms with Crippen molar-refractivity contribution in [2.24, 2.45) is 5.92 Å². The van der Waals surface area contributed by atoms with E-state index in [1.807, 2.05) is 6.07 Å². The van der Waals surface area contributed by atoms with E-state index in [-0.39, 0.29) is 29.8 Å². The summed E-state index contributed by atoms with van der Waals surface area (Å²) in [6, 6.07) is 14.6. The molecule has 1 aliphatic heterocycles. The predicted octanol–water partition coefficient (Wildman–Crippen LogP) is 6.96. The Morgan fingerprint density at radius 2 is 1.67 bits per heavy atom. The number of nitrogens with zero attached hydrogens (tertiary/aromatic N) is 1. The van der Waals surface area contributed by atoms with Crippen LogP contribution in [0.5, 0.6) is 0 Å². The Morgan fingerprint density at radius 1 is 1.00 bits per heavy atom. The van der Waals surface area contributed by atoms with Gasteiger partial charge in [0, 0.05) is 12.2 Å². The fraction of sp³-hybridized carbons (Fsp3) is 0.455. The van der Waals surface area contributed by atoms with Gasteiger partial charge in [-0.05, 0) is 75.0 Å². The van der Waals surface area contributed by atoms with Crippen molar-refractivity contribution in [3.63, 3.8) is 0 Å². The van der Waals surface area contributed by atoms with E-state index in [9.17, 15) is 13.2 Å². The highest BCUT2D eigenvalue weighted by atomic mass is 35.5. The molecule has 0 spiro atoms. The standard InChI is InChI=1S/C22H26ClF3N2.2ClH/c23-21-8-7-19(16-20(21)22(24,25)26)27-11-4-12-28-13-9-18(10-14-28)15-17-5-2-1-3-6-17;;/h1-3,5-8,16,18,27H,4,9-15H2;2*1H. The molecular formula is C22H28Cl3F3N2. The molecular weight excluding hydrogens is 456 g/mol. The fourth-order valence-electron chi connectivity index (χ4n) is 3.75. The molecule has 2 nitrogen and oxygen atoms in total. The molecule has 0 bridgehead atoms. The number of nitrogens with one attached hydrogen (secondary N) is 1. The maximum Gasteiger partial charge on any atom is 0.417 e. The molecule has 0 saturated carbocycles. The van der Waals surface area contributed by atoms with Crippen LogP contribution in [0.1, 0.15) is 30.4 Å². The molecule has 0 aliphatic carbocycles. The average Bonchev–Trinajstić information content (AvgIpc) is 2.67. The average molecular weight is 484 g/mol. The predicted molar refractivity (Wildman–Crippen MR) is 123 cm³/mol. The van der Waals surface area contributed by atoms with Gasteiger partial charge in [-0.1, -0.05) is 41.9 Å². The first-order valence-electron chi connectivity index (χ1n) is 9.79. The summed E-state index contributed by atoms with van der Waals surface area (Å²) in [5.74, 6) is 0.742. The van der Waals surface area contributed by atoms with Gasteiger partial charge in [0.05, 0.1) is 10.6 Å². The zero-order valence-corrected chi connectivity index (χ0v) is 19.0. The zero-order valence-electron chi connectivity index (χ0n) is 16.6. The van der Waals surface area contributed by atoms with Crippen molar-refractivity contribution in [3.8, 4) is 0 Å². The number of piperidine rings is 1. The Balaban J connectivity index is 0.00000225. The SMILES string of the molecule is Cl.Cl.FC(F)(F)c1cc(NCCCN2CCC(Cc3ccccc3)CC2)ccc1Cl. The summed E-state index contributed by atoms with van der Waals surface area (Å²) in [6.45, 7) is 3.79. The summed E-state index contributed by atoms with van der Waals surface area (Å²) in [7, 11) is 0. The third-order valence-corrected chi connectivity index (χ3v) is 5.66. The molecule has 3 rings (SSSR count). The van der Waals surface area contributed by atoms with Crippen LogP contribution in [-0.4, -0.2) is 31.1 Å². The quantitative estimate of drug-likeness (QED) is 0.428. The molecule has 0 atom stereocenters. The van der Waals surface area contributed by atoms with Crippen LogP contribution in [0.15, 0.2) is 48.5 Å². The van der Waals surface area contributed by atoms with Crippen LogP contribution < -0.4 is 5.32 Å². The molecule has 1 aliphatic rings. The second kappa shape index (κ2) is 12.7. The number of halogens is 6. The van der Waals surface area contributed by atoms with E-state index in [1.165, 1.54) is 24.5 Å². The molecule has 2 aromatic carbocycles. The highest BCUT2D eigenvalue weighted by molar-refractivity contribution is 6.31. The Kier molecular flexibility index (Phi) is 11.3. The van der Waals surface area contributed by atoms with Crippen LogP contribution in [0.3, 0.4) is 0 Å². The number of hydrogen-bond acceptors (Lipinski definition) is 2. The van der Waals surface area contributed by atoms with Crippen LogP contribution >= 0.6 is 36.4 Å². The van der Waals surface area contributed by atoms with Gasteiger partial charge >= 0.3 is 6.18 Å². The van der Waals surface area contributed by atoms with Crippen LogP contribution in [0.25, 0.3) is 0 Å². The van der Waals surface area contributed by atoms with Crippen molar-refractivity contribution in [2.45, 2.75) is 31.9 Å². The van der Waals surface area contributed by atoms with Gasteiger partial charge in [-0.15, -0.1) is 24.8 Å². The van der Waals surface area contributed by atoms with E-state index < -0.39 is 11.7 Å². The minimum absolute atomic E-state index is 0. The molecule has 1 heterocycles. The van der Waals surface area contributed by atoms with E-state index in [0.717, 1.165) is 44.5 Å². The molecule has 1 fully saturated rings. The third-order valence-electron chi connectivity index (χ3n) is 5.33. The van der Waals surface area contributed by atoms with Gasteiger partial charge in [0.15, 0.2) is 0 Å². The second-order valence-electron chi connectivity index (χ2n) is 7.45. The summed E-state index contributed by atoms with van der Waals surface area (Å²) in [5.41, 5.74) is 1.07. The largest absolute Gasteiger partial charge is 0.417 e. The molecule has 1 saturated heterocycles. The molecule has 8 heteroatoms. The first kappa shape index (κ1) is 26.9. The van der Waals surface area contributed by atoms with Crippen LogP contribution in [0.2, 0.25) is 5.02 Å². The number of likely N-dealkylation sites (tertiary alicyclic amines) is 1. The van der Waals surface area contributed by atoms with Crippen molar-refractivity contribution in [2.75, 3.05) is 31.5 Å². The normalized spacial score (nSPS) is 15.2. The Labute approximate surface area is 194 Å². The summed E-state index contributed by atoms with van der Waals surface area (Å²) >= 11 is 5.65. The number of benzene rings is 2. The molecule has 0 amide bonds. The van der Waals surface area contributed by atoms with Gasteiger partial charge in [0.1, 0.15) is 0 Å². The minimum Gasteiger partial charge on any atom is -0.385 e. The van der Waals surface area contributed by atoms with Gasteiger partial charge in [0.2, 0.25) is 0 Å². The highest BCUT2D eigenvalue weighted by Crippen LogP contribution is 2.36. The Bertz CT molecular complexity index is 749. The molecule has 2 aromatic rings. The lowest BCUT2D eigenvalue weighted by molar-refractivity contribution is -0.137. The highest BCUT2D eigenvalue weighted by Gasteiger charge is 2.33. The first-order valence-corrected chi connectivity index (χ1v) is 10.2. The van der Waals surface area contributed by atoms with E-state index in [2.05, 4.69) is 34.5 Å². The minimum atomic E-state index is -4.43. The Morgan fingerprint density at radius 3 is 2.30 bits per heavy atom. The van der Waals surface area contributed by atoms with Gasteiger partial charge in [-0.2, -0.15) is 13.2 Å². The smallest absolute Gasteiger partial charge is 0.385 e. The van der Waals surface area contributed by atoms with Gasteiger partial charge in [-0.25, -0.2) is 0 Å². The zero-order chi connectivity index (χ0) is 20.0. The lowest BCUT2D eigenvalue weighted by atomic mass is 9.90. The van der Waals surface area contributed by atoms with Gasteiger partial charge in [0.25, 0.3) is 0 Å². The van der Waals surface area contributed by atoms with Crippen LogP contribution in [0, 0.1) is 5.92 Å². The number of rotatable bonds is 7. The van der Waals surface area contributed by atoms with Crippen molar-refractivity contribution in [1.82, 2.24) is 4.90 Å². The molecule has 168 valence electrons. The van der Waals surface area contributed by atoms with Crippen LogP contribution in [-0.2, 0) is 12.6 Å². The van der Waals surface area contributed by atoms with Crippen molar-refractivity contribution < 1.29 is 13.2 Å². The molecule has 0 unspecified atom stereocenters. The topological polar surface area (TPSA) is 15.3 Å². The van der Waals surface area contributed by atoms with Crippen molar-refractivity contribution in [1.29, 1.82) is 0 Å². The second-order valence-corrected chi connectivity index (χ2v) is 7.85. The summed E-state index contributed by atoms with van der Waals surface area (Å²) in [5, 5.41) is 2.81. The molecule has 30 heavy (non-hydrogen) atoms. The number of alkyl halides is 3. The first-order chi connectivity index (χ1) is 13.4. The lowest BCUT2D eigenvalue weighted by Gasteiger charge is -2.32. The Hall–Kier alpha value is -1.14. The summed E-state index contributed by atoms with van der Waals surface area (Å²) in [4.78, 5) is 2.45.